The smallest absolute Gasteiger partial charge is 0.300 e. The van der Waals surface area contributed by atoms with Gasteiger partial charge in [-0.1, -0.05) is 46.3 Å². The highest BCUT2D eigenvalue weighted by atomic mass is 79.9. The van der Waals surface area contributed by atoms with Gasteiger partial charge in [-0.2, -0.15) is 0 Å². The van der Waals surface area contributed by atoms with Gasteiger partial charge < -0.3 is 5.11 Å². The van der Waals surface area contributed by atoms with Crippen molar-refractivity contribution in [3.63, 3.8) is 0 Å². The maximum atomic E-state index is 13.0. The van der Waals surface area contributed by atoms with E-state index in [-0.39, 0.29) is 22.6 Å². The molecule has 1 unspecified atom stereocenters. The molecule has 0 aliphatic carbocycles. The zero-order valence-corrected chi connectivity index (χ0v) is 17.5. The van der Waals surface area contributed by atoms with Crippen molar-refractivity contribution in [2.45, 2.75) is 6.04 Å². The molecule has 0 aromatic heterocycles. The number of Topliss-reactive ketones (excluding diaryl/α,β-unsaturated/α-hetero) is 1. The molecule has 1 aliphatic rings. The Morgan fingerprint density at radius 2 is 1.55 bits per heavy atom. The number of amides is 1. The lowest BCUT2D eigenvalue weighted by Gasteiger charge is -2.25. The van der Waals surface area contributed by atoms with E-state index >= 15 is 0 Å². The second kappa shape index (κ2) is 8.16. The number of ketones is 1. The lowest BCUT2D eigenvalue weighted by Crippen LogP contribution is -2.29. The van der Waals surface area contributed by atoms with Gasteiger partial charge in [-0.05, 0) is 42.0 Å². The summed E-state index contributed by atoms with van der Waals surface area (Å²) < 4.78 is 0.822. The average molecular weight is 479 g/mol. The van der Waals surface area contributed by atoms with Crippen molar-refractivity contribution in [3.05, 3.63) is 110 Å². The fraction of sp³-hybridized carbons (Fsp3) is 0.0435. The Bertz CT molecular complexity index is 1200. The Morgan fingerprint density at radius 1 is 0.935 bits per heavy atom. The standard InChI is InChI=1S/C23H15BrN2O5/c24-16-10-6-14(7-11-16)20-19(21(27)15-8-12-18(13-9-15)26(30)31)22(28)23(29)25(20)17-4-2-1-3-5-17/h1-13,20,27H/b21-19-. The third-order valence-electron chi connectivity index (χ3n) is 5.02. The van der Waals surface area contributed by atoms with Crippen molar-refractivity contribution in [1.82, 2.24) is 0 Å². The highest BCUT2D eigenvalue weighted by Gasteiger charge is 2.46. The normalized spacial score (nSPS) is 17.7. The van der Waals surface area contributed by atoms with Crippen LogP contribution in [0, 0.1) is 10.1 Å². The van der Waals surface area contributed by atoms with Crippen LogP contribution in [0.25, 0.3) is 5.76 Å². The largest absolute Gasteiger partial charge is 0.507 e. The molecule has 1 fully saturated rings. The molecule has 0 spiro atoms. The fourth-order valence-electron chi connectivity index (χ4n) is 3.54. The monoisotopic (exact) mass is 478 g/mol. The molecule has 1 amide bonds. The van der Waals surface area contributed by atoms with Gasteiger partial charge >= 0.3 is 0 Å². The summed E-state index contributed by atoms with van der Waals surface area (Å²) in [4.78, 5) is 37.7. The third kappa shape index (κ3) is 3.73. The number of non-ortho nitro benzene ring substituents is 1. The maximum absolute atomic E-state index is 13.0. The molecule has 0 saturated carbocycles. The third-order valence-corrected chi connectivity index (χ3v) is 5.54. The number of nitro groups is 1. The highest BCUT2D eigenvalue weighted by molar-refractivity contribution is 9.10. The van der Waals surface area contributed by atoms with Crippen LogP contribution in [0.5, 0.6) is 0 Å². The van der Waals surface area contributed by atoms with Crippen LogP contribution < -0.4 is 4.90 Å². The fourth-order valence-corrected chi connectivity index (χ4v) is 3.81. The summed E-state index contributed by atoms with van der Waals surface area (Å²) in [6.45, 7) is 0. The van der Waals surface area contributed by atoms with Crippen molar-refractivity contribution < 1.29 is 19.6 Å². The Labute approximate surface area is 185 Å². The predicted molar refractivity (Wildman–Crippen MR) is 118 cm³/mol. The van der Waals surface area contributed by atoms with E-state index in [0.717, 1.165) is 4.47 Å². The lowest BCUT2D eigenvalue weighted by atomic mass is 9.95. The number of halogens is 1. The SMILES string of the molecule is O=C1C(=O)N(c2ccccc2)C(c2ccc(Br)cc2)/C1=C(/O)c1ccc([N+](=O)[O-])cc1. The lowest BCUT2D eigenvalue weighted by molar-refractivity contribution is -0.384. The first kappa shape index (κ1) is 20.5. The number of nitrogens with zero attached hydrogens (tertiary/aromatic N) is 2. The van der Waals surface area contributed by atoms with Gasteiger partial charge in [0.1, 0.15) is 5.76 Å². The van der Waals surface area contributed by atoms with E-state index in [4.69, 9.17) is 0 Å². The molecule has 4 rings (SSSR count). The van der Waals surface area contributed by atoms with E-state index in [1.807, 2.05) is 0 Å². The van der Waals surface area contributed by atoms with Crippen LogP contribution in [-0.2, 0) is 9.59 Å². The molecule has 1 heterocycles. The highest BCUT2D eigenvalue weighted by Crippen LogP contribution is 2.42. The molecule has 3 aromatic carbocycles. The molecule has 1 atom stereocenters. The van der Waals surface area contributed by atoms with Crippen molar-refractivity contribution in [2.24, 2.45) is 0 Å². The second-order valence-corrected chi connectivity index (χ2v) is 7.78. The first-order chi connectivity index (χ1) is 14.9. The van der Waals surface area contributed by atoms with Gasteiger partial charge in [-0.15, -0.1) is 0 Å². The Morgan fingerprint density at radius 3 is 2.13 bits per heavy atom. The average Bonchev–Trinajstić information content (AvgIpc) is 3.05. The molecule has 0 bridgehead atoms. The zero-order chi connectivity index (χ0) is 22.1. The van der Waals surface area contributed by atoms with E-state index < -0.39 is 22.7 Å². The van der Waals surface area contributed by atoms with Crippen LogP contribution in [-0.4, -0.2) is 21.7 Å². The number of aliphatic hydroxyl groups is 1. The molecule has 0 radical (unpaired) electrons. The summed E-state index contributed by atoms with van der Waals surface area (Å²) in [5.74, 6) is -1.98. The minimum atomic E-state index is -0.856. The maximum Gasteiger partial charge on any atom is 0.300 e. The number of nitro benzene ring substituents is 1. The van der Waals surface area contributed by atoms with Crippen LogP contribution in [0.2, 0.25) is 0 Å². The van der Waals surface area contributed by atoms with Gasteiger partial charge in [0.25, 0.3) is 17.4 Å². The number of para-hydroxylation sites is 1. The molecule has 31 heavy (non-hydrogen) atoms. The molecule has 7 nitrogen and oxygen atoms in total. The van der Waals surface area contributed by atoms with Gasteiger partial charge in [0.05, 0.1) is 16.5 Å². The van der Waals surface area contributed by atoms with Gasteiger partial charge in [0.2, 0.25) is 0 Å². The summed E-state index contributed by atoms with van der Waals surface area (Å²) in [5, 5.41) is 21.9. The van der Waals surface area contributed by atoms with E-state index in [2.05, 4.69) is 15.9 Å². The Hall–Kier alpha value is -3.78. The first-order valence-corrected chi connectivity index (χ1v) is 10.0. The first-order valence-electron chi connectivity index (χ1n) is 9.25. The molecule has 1 saturated heterocycles. The van der Waals surface area contributed by atoms with Gasteiger partial charge in [0, 0.05) is 27.9 Å². The Balaban J connectivity index is 1.91. The van der Waals surface area contributed by atoms with E-state index in [1.54, 1.807) is 54.6 Å². The Kier molecular flexibility index (Phi) is 5.39. The molecule has 1 aliphatic heterocycles. The summed E-state index contributed by atoms with van der Waals surface area (Å²) in [6.07, 6.45) is 0. The second-order valence-electron chi connectivity index (χ2n) is 6.86. The van der Waals surface area contributed by atoms with Crippen molar-refractivity contribution >= 4 is 44.8 Å². The molecular formula is C23H15BrN2O5. The van der Waals surface area contributed by atoms with Crippen LogP contribution in [0.15, 0.2) is 88.9 Å². The zero-order valence-electron chi connectivity index (χ0n) is 15.9. The number of hydrogen-bond donors (Lipinski definition) is 1. The number of benzene rings is 3. The summed E-state index contributed by atoms with van der Waals surface area (Å²) >= 11 is 3.37. The molecule has 8 heteroatoms. The number of aliphatic hydroxyl groups excluding tert-OH is 1. The van der Waals surface area contributed by atoms with E-state index in [1.165, 1.54) is 29.2 Å². The minimum Gasteiger partial charge on any atom is -0.507 e. The van der Waals surface area contributed by atoms with Crippen LogP contribution >= 0.6 is 15.9 Å². The number of anilines is 1. The van der Waals surface area contributed by atoms with Gasteiger partial charge in [-0.3, -0.25) is 24.6 Å². The molecular weight excluding hydrogens is 464 g/mol. The van der Waals surface area contributed by atoms with Gasteiger partial charge in [0.15, 0.2) is 0 Å². The summed E-state index contributed by atoms with van der Waals surface area (Å²) in [5.41, 5.74) is 1.13. The molecule has 3 aromatic rings. The summed E-state index contributed by atoms with van der Waals surface area (Å²) in [6, 6.07) is 20.1. The number of carbonyl (C=O) groups is 2. The minimum absolute atomic E-state index is 0.0787. The van der Waals surface area contributed by atoms with Crippen LogP contribution in [0.3, 0.4) is 0 Å². The van der Waals surface area contributed by atoms with Crippen molar-refractivity contribution in [3.8, 4) is 0 Å². The number of hydrogen-bond acceptors (Lipinski definition) is 5. The number of carbonyl (C=O) groups excluding carboxylic acids is 2. The van der Waals surface area contributed by atoms with E-state index in [9.17, 15) is 24.8 Å². The van der Waals surface area contributed by atoms with Crippen LogP contribution in [0.4, 0.5) is 11.4 Å². The van der Waals surface area contributed by atoms with Crippen molar-refractivity contribution in [1.29, 1.82) is 0 Å². The van der Waals surface area contributed by atoms with Gasteiger partial charge in [-0.25, -0.2) is 0 Å². The quantitative estimate of drug-likeness (QED) is 0.187. The summed E-state index contributed by atoms with van der Waals surface area (Å²) in [7, 11) is 0. The molecule has 1 N–H and O–H groups in total. The predicted octanol–water partition coefficient (Wildman–Crippen LogP) is 4.98. The van der Waals surface area contributed by atoms with Crippen molar-refractivity contribution in [2.75, 3.05) is 4.90 Å². The van der Waals surface area contributed by atoms with E-state index in [0.29, 0.717) is 11.3 Å². The van der Waals surface area contributed by atoms with Crippen LogP contribution in [0.1, 0.15) is 17.2 Å². The number of rotatable bonds is 4. The molecule has 154 valence electrons. The topological polar surface area (TPSA) is 101 Å².